The number of likely N-dealkylation sites (N-methyl/N-ethyl adjacent to an activating group) is 1. The molecule has 0 atom stereocenters. The summed E-state index contributed by atoms with van der Waals surface area (Å²) in [6.45, 7) is 5.13. The number of thioether (sulfide) groups is 1. The van der Waals surface area contributed by atoms with Crippen LogP contribution < -0.4 is 14.2 Å². The Morgan fingerprint density at radius 3 is 2.42 bits per heavy atom. The van der Waals surface area contributed by atoms with Gasteiger partial charge < -0.3 is 23.8 Å². The maximum atomic E-state index is 12.1. The summed E-state index contributed by atoms with van der Waals surface area (Å²) in [6.07, 6.45) is 0.550. The molecule has 2 aromatic rings. The van der Waals surface area contributed by atoms with Crippen molar-refractivity contribution in [3.05, 3.63) is 29.0 Å². The average Bonchev–Trinajstić information content (AvgIpc) is 2.80. The highest BCUT2D eigenvalue weighted by Gasteiger charge is 2.27. The summed E-state index contributed by atoms with van der Waals surface area (Å²) >= 11 is 1.22. The quantitative estimate of drug-likeness (QED) is 0.422. The number of hydrogen-bond acceptors (Lipinski definition) is 9. The van der Waals surface area contributed by atoms with Gasteiger partial charge in [0.15, 0.2) is 11.5 Å². The first-order chi connectivity index (χ1) is 15.8. The summed E-state index contributed by atoms with van der Waals surface area (Å²) in [6, 6.07) is 6.01. The Balaban J connectivity index is 2.19. The molecule has 9 heteroatoms. The Morgan fingerprint density at radius 2 is 1.88 bits per heavy atom. The lowest BCUT2D eigenvalue weighted by atomic mass is 9.91. The zero-order valence-electron chi connectivity index (χ0n) is 19.9. The molecule has 2 heterocycles. The van der Waals surface area contributed by atoms with Crippen LogP contribution >= 0.6 is 11.8 Å². The van der Waals surface area contributed by atoms with Gasteiger partial charge in [0.05, 0.1) is 38.7 Å². The van der Waals surface area contributed by atoms with Gasteiger partial charge in [-0.1, -0.05) is 11.8 Å². The molecule has 1 aliphatic heterocycles. The highest BCUT2D eigenvalue weighted by molar-refractivity contribution is 7.99. The molecule has 0 N–H and O–H groups in total. The SMILES string of the molecule is COc1cc(-c2c(C#N)c(SCC(=O)OC(C)C)nc3c2CN(C)CC3)cc(OC)c1OC. The fourth-order valence-electron chi connectivity index (χ4n) is 3.85. The zero-order valence-corrected chi connectivity index (χ0v) is 20.7. The summed E-state index contributed by atoms with van der Waals surface area (Å²) in [7, 11) is 6.71. The van der Waals surface area contributed by atoms with Gasteiger partial charge in [-0.3, -0.25) is 4.79 Å². The van der Waals surface area contributed by atoms with Gasteiger partial charge in [0, 0.05) is 30.8 Å². The van der Waals surface area contributed by atoms with Crippen LogP contribution in [0.3, 0.4) is 0 Å². The topological polar surface area (TPSA) is 93.9 Å². The zero-order chi connectivity index (χ0) is 24.1. The van der Waals surface area contributed by atoms with Gasteiger partial charge in [-0.25, -0.2) is 4.98 Å². The molecular weight excluding hydrogens is 442 g/mol. The minimum absolute atomic E-state index is 0.0766. The predicted molar refractivity (Wildman–Crippen MR) is 126 cm³/mol. The fourth-order valence-corrected chi connectivity index (χ4v) is 4.64. The number of methoxy groups -OCH3 is 3. The second kappa shape index (κ2) is 10.8. The summed E-state index contributed by atoms with van der Waals surface area (Å²) < 4.78 is 21.8. The number of carbonyl (C=O) groups excluding carboxylic acids is 1. The van der Waals surface area contributed by atoms with Gasteiger partial charge in [0.1, 0.15) is 11.1 Å². The van der Waals surface area contributed by atoms with E-state index in [-0.39, 0.29) is 17.8 Å². The predicted octanol–water partition coefficient (Wildman–Crippen LogP) is 3.68. The number of aromatic nitrogens is 1. The number of pyridine rings is 1. The number of nitrogens with zero attached hydrogens (tertiary/aromatic N) is 3. The number of hydrogen-bond donors (Lipinski definition) is 0. The molecular formula is C24H29N3O5S. The van der Waals surface area contributed by atoms with Crippen LogP contribution in [0.5, 0.6) is 17.2 Å². The molecule has 0 unspecified atom stereocenters. The summed E-state index contributed by atoms with van der Waals surface area (Å²) in [5, 5.41) is 10.7. The maximum absolute atomic E-state index is 12.1. The highest BCUT2D eigenvalue weighted by atomic mass is 32.2. The summed E-state index contributed by atoms with van der Waals surface area (Å²) in [5.74, 6) is 1.22. The van der Waals surface area contributed by atoms with Crippen LogP contribution in [0.25, 0.3) is 11.1 Å². The Kier molecular flexibility index (Phi) is 8.06. The monoisotopic (exact) mass is 471 g/mol. The van der Waals surface area contributed by atoms with Crippen molar-refractivity contribution in [2.24, 2.45) is 0 Å². The molecule has 0 fully saturated rings. The maximum Gasteiger partial charge on any atom is 0.316 e. The van der Waals surface area contributed by atoms with Crippen LogP contribution in [-0.2, 0) is 22.5 Å². The molecule has 0 aliphatic carbocycles. The molecule has 0 amide bonds. The van der Waals surface area contributed by atoms with E-state index in [1.165, 1.54) is 11.8 Å². The number of rotatable bonds is 8. The van der Waals surface area contributed by atoms with Crippen molar-refractivity contribution in [3.63, 3.8) is 0 Å². The second-order valence-electron chi connectivity index (χ2n) is 7.93. The molecule has 176 valence electrons. The van der Waals surface area contributed by atoms with Crippen LogP contribution in [0.15, 0.2) is 17.2 Å². The first-order valence-corrected chi connectivity index (χ1v) is 11.6. The minimum Gasteiger partial charge on any atom is -0.493 e. The van der Waals surface area contributed by atoms with E-state index in [0.29, 0.717) is 34.4 Å². The van der Waals surface area contributed by atoms with Crippen molar-refractivity contribution in [2.45, 2.75) is 37.9 Å². The first kappa shape index (κ1) is 24.7. The third-order valence-electron chi connectivity index (χ3n) is 5.27. The number of esters is 1. The van der Waals surface area contributed by atoms with Crippen LogP contribution in [0.1, 0.15) is 30.7 Å². The molecule has 1 aromatic carbocycles. The largest absolute Gasteiger partial charge is 0.493 e. The number of carbonyl (C=O) groups is 1. The molecule has 0 radical (unpaired) electrons. The van der Waals surface area contributed by atoms with Gasteiger partial charge in [-0.2, -0.15) is 5.26 Å². The molecule has 0 saturated heterocycles. The van der Waals surface area contributed by atoms with Crippen molar-refractivity contribution in [2.75, 3.05) is 40.7 Å². The van der Waals surface area contributed by atoms with E-state index in [9.17, 15) is 10.1 Å². The normalized spacial score (nSPS) is 13.3. The average molecular weight is 472 g/mol. The number of nitriles is 1. The molecule has 33 heavy (non-hydrogen) atoms. The molecule has 3 rings (SSSR count). The van der Waals surface area contributed by atoms with E-state index in [1.54, 1.807) is 35.2 Å². The van der Waals surface area contributed by atoms with Crippen LogP contribution in [0.4, 0.5) is 0 Å². The van der Waals surface area contributed by atoms with Gasteiger partial charge >= 0.3 is 5.97 Å². The fraction of sp³-hybridized carbons (Fsp3) is 0.458. The smallest absolute Gasteiger partial charge is 0.316 e. The number of benzene rings is 1. The lowest BCUT2D eigenvalue weighted by Gasteiger charge is -2.28. The van der Waals surface area contributed by atoms with Crippen molar-refractivity contribution in [1.82, 2.24) is 9.88 Å². The third kappa shape index (κ3) is 5.34. The van der Waals surface area contributed by atoms with E-state index < -0.39 is 0 Å². The van der Waals surface area contributed by atoms with Gasteiger partial charge in [-0.15, -0.1) is 0 Å². The van der Waals surface area contributed by atoms with Crippen molar-refractivity contribution in [3.8, 4) is 34.4 Å². The number of fused-ring (bicyclic) bond motifs is 1. The van der Waals surface area contributed by atoms with E-state index >= 15 is 0 Å². The molecule has 0 spiro atoms. The van der Waals surface area contributed by atoms with Crippen LogP contribution in [0.2, 0.25) is 0 Å². The van der Waals surface area contributed by atoms with Gasteiger partial charge in [-0.05, 0) is 44.2 Å². The van der Waals surface area contributed by atoms with Crippen molar-refractivity contribution >= 4 is 17.7 Å². The highest BCUT2D eigenvalue weighted by Crippen LogP contribution is 2.44. The van der Waals surface area contributed by atoms with Crippen molar-refractivity contribution in [1.29, 1.82) is 5.26 Å². The van der Waals surface area contributed by atoms with E-state index in [1.807, 2.05) is 19.2 Å². The second-order valence-corrected chi connectivity index (χ2v) is 8.90. The molecule has 1 aliphatic rings. The molecule has 0 bridgehead atoms. The lowest BCUT2D eigenvalue weighted by Crippen LogP contribution is -2.28. The number of ether oxygens (including phenoxy) is 4. The van der Waals surface area contributed by atoms with Gasteiger partial charge in [0.25, 0.3) is 0 Å². The van der Waals surface area contributed by atoms with E-state index in [4.69, 9.17) is 23.9 Å². The summed E-state index contributed by atoms with van der Waals surface area (Å²) in [4.78, 5) is 19.1. The first-order valence-electron chi connectivity index (χ1n) is 10.6. The van der Waals surface area contributed by atoms with E-state index in [2.05, 4.69) is 11.0 Å². The lowest BCUT2D eigenvalue weighted by molar-refractivity contribution is -0.144. The van der Waals surface area contributed by atoms with Crippen molar-refractivity contribution < 1.29 is 23.7 Å². The standard InChI is InChI=1S/C24H29N3O5S/c1-14(2)32-21(28)13-33-24-16(11-25)22(17-12-27(3)8-7-18(17)26-24)15-9-19(29-4)23(31-6)20(10-15)30-5/h9-10,14H,7-8,12-13H2,1-6H3. The third-order valence-corrected chi connectivity index (χ3v) is 6.22. The molecule has 0 saturated carbocycles. The van der Waals surface area contributed by atoms with Crippen LogP contribution in [0, 0.1) is 11.3 Å². The summed E-state index contributed by atoms with van der Waals surface area (Å²) in [5.41, 5.74) is 3.87. The Bertz CT molecular complexity index is 1060. The Hall–Kier alpha value is -2.96. The van der Waals surface area contributed by atoms with E-state index in [0.717, 1.165) is 35.3 Å². The van der Waals surface area contributed by atoms with Gasteiger partial charge in [0.2, 0.25) is 5.75 Å². The Morgan fingerprint density at radius 1 is 1.21 bits per heavy atom. The molecule has 1 aromatic heterocycles. The van der Waals surface area contributed by atoms with Crippen LogP contribution in [-0.4, -0.2) is 62.6 Å². The molecule has 8 nitrogen and oxygen atoms in total. The Labute approximate surface area is 198 Å². The minimum atomic E-state index is -0.340.